The van der Waals surface area contributed by atoms with Crippen molar-refractivity contribution in [1.29, 1.82) is 0 Å². The number of hydrogen-bond donors (Lipinski definition) is 1. The Kier molecular flexibility index (Phi) is 1.83. The van der Waals surface area contributed by atoms with Crippen LogP contribution in [-0.2, 0) is 6.42 Å². The maximum absolute atomic E-state index is 11.6. The quantitative estimate of drug-likeness (QED) is 0.657. The zero-order valence-electron chi connectivity index (χ0n) is 7.58. The van der Waals surface area contributed by atoms with Gasteiger partial charge in [-0.3, -0.25) is 4.79 Å². The number of benzene rings is 1. The Hall–Kier alpha value is -1.31. The van der Waals surface area contributed by atoms with E-state index in [1.165, 1.54) is 0 Å². The van der Waals surface area contributed by atoms with E-state index in [1.54, 1.807) is 12.1 Å². The zero-order valence-corrected chi connectivity index (χ0v) is 7.58. The van der Waals surface area contributed by atoms with Crippen molar-refractivity contribution in [3.8, 4) is 5.75 Å². The number of phenolic OH excluding ortho intramolecular Hbond substituents is 1. The molecule has 0 saturated heterocycles. The molecule has 1 atom stereocenters. The summed E-state index contributed by atoms with van der Waals surface area (Å²) in [6, 6.07) is 5.29. The van der Waals surface area contributed by atoms with Crippen LogP contribution in [0.15, 0.2) is 18.2 Å². The summed E-state index contributed by atoms with van der Waals surface area (Å²) < 4.78 is 0. The van der Waals surface area contributed by atoms with E-state index in [4.69, 9.17) is 0 Å². The van der Waals surface area contributed by atoms with E-state index in [1.807, 2.05) is 6.07 Å². The lowest BCUT2D eigenvalue weighted by molar-refractivity contribution is 0.0950. The van der Waals surface area contributed by atoms with Crippen molar-refractivity contribution >= 4 is 5.78 Å². The van der Waals surface area contributed by atoms with Crippen LogP contribution in [0.1, 0.15) is 29.3 Å². The van der Waals surface area contributed by atoms with Gasteiger partial charge in [0.1, 0.15) is 5.75 Å². The Morgan fingerprint density at radius 1 is 1.38 bits per heavy atom. The number of phenols is 1. The number of fused-ring (bicyclic) bond motifs is 1. The molecule has 1 aliphatic rings. The fourth-order valence-corrected chi connectivity index (χ4v) is 1.94. The number of rotatable bonds is 0. The van der Waals surface area contributed by atoms with Gasteiger partial charge in [-0.2, -0.15) is 0 Å². The van der Waals surface area contributed by atoms with E-state index in [2.05, 4.69) is 6.92 Å². The minimum absolute atomic E-state index is 0.0758. The summed E-state index contributed by atoms with van der Waals surface area (Å²) in [6.45, 7) is 2.06. The molecular weight excluding hydrogens is 164 g/mol. The highest BCUT2D eigenvalue weighted by Crippen LogP contribution is 2.30. The van der Waals surface area contributed by atoms with E-state index in [0.717, 1.165) is 12.0 Å². The fraction of sp³-hybridized carbons (Fsp3) is 0.364. The minimum atomic E-state index is 0.0758. The largest absolute Gasteiger partial charge is 0.507 e. The first-order chi connectivity index (χ1) is 6.18. The van der Waals surface area contributed by atoms with Crippen molar-refractivity contribution in [3.63, 3.8) is 0 Å². The van der Waals surface area contributed by atoms with E-state index in [-0.39, 0.29) is 11.5 Å². The molecule has 0 heterocycles. The molecule has 0 fully saturated rings. The van der Waals surface area contributed by atoms with Gasteiger partial charge in [0, 0.05) is 6.42 Å². The first-order valence-electron chi connectivity index (χ1n) is 4.52. The Labute approximate surface area is 77.2 Å². The topological polar surface area (TPSA) is 37.3 Å². The highest BCUT2D eigenvalue weighted by atomic mass is 16.3. The predicted octanol–water partition coefficient (Wildman–Crippen LogP) is 2.16. The molecule has 0 radical (unpaired) electrons. The molecule has 0 aromatic heterocycles. The molecule has 68 valence electrons. The average Bonchev–Trinajstić information content (AvgIpc) is 2.02. The maximum atomic E-state index is 11.6. The fourth-order valence-electron chi connectivity index (χ4n) is 1.94. The van der Waals surface area contributed by atoms with Crippen molar-refractivity contribution in [2.45, 2.75) is 19.8 Å². The molecule has 1 aromatic rings. The van der Waals surface area contributed by atoms with E-state index < -0.39 is 0 Å². The number of carbonyl (C=O) groups excluding carboxylic acids is 1. The molecule has 1 aliphatic carbocycles. The highest BCUT2D eigenvalue weighted by molar-refractivity contribution is 6.01. The number of ketones is 1. The molecule has 1 unspecified atom stereocenters. The van der Waals surface area contributed by atoms with Crippen molar-refractivity contribution < 1.29 is 9.90 Å². The van der Waals surface area contributed by atoms with Gasteiger partial charge < -0.3 is 5.11 Å². The lowest BCUT2D eigenvalue weighted by Crippen LogP contribution is -2.17. The van der Waals surface area contributed by atoms with Gasteiger partial charge in [0.25, 0.3) is 0 Å². The van der Waals surface area contributed by atoms with Crippen LogP contribution >= 0.6 is 0 Å². The summed E-state index contributed by atoms with van der Waals surface area (Å²) in [6.07, 6.45) is 1.46. The van der Waals surface area contributed by atoms with Crippen LogP contribution in [0.2, 0.25) is 0 Å². The van der Waals surface area contributed by atoms with Gasteiger partial charge in [0.15, 0.2) is 5.78 Å². The third kappa shape index (κ3) is 1.32. The predicted molar refractivity (Wildman–Crippen MR) is 49.9 cm³/mol. The van der Waals surface area contributed by atoms with Crippen molar-refractivity contribution in [3.05, 3.63) is 29.3 Å². The average molecular weight is 176 g/mol. The van der Waals surface area contributed by atoms with Gasteiger partial charge in [-0.05, 0) is 24.0 Å². The number of carbonyl (C=O) groups is 1. The molecule has 0 spiro atoms. The van der Waals surface area contributed by atoms with Crippen LogP contribution in [0.3, 0.4) is 0 Å². The third-order valence-corrected chi connectivity index (χ3v) is 2.51. The van der Waals surface area contributed by atoms with Crippen LogP contribution < -0.4 is 0 Å². The Balaban J connectivity index is 2.55. The van der Waals surface area contributed by atoms with Gasteiger partial charge in [0.05, 0.1) is 5.56 Å². The smallest absolute Gasteiger partial charge is 0.167 e. The number of aromatic hydroxyl groups is 1. The molecule has 13 heavy (non-hydrogen) atoms. The standard InChI is InChI=1S/C11H12O2/c1-7-5-8-3-2-4-9(12)11(8)10(13)6-7/h2-4,7,12H,5-6H2,1H3. The molecule has 1 aromatic carbocycles. The van der Waals surface area contributed by atoms with Gasteiger partial charge in [-0.1, -0.05) is 19.1 Å². The van der Waals surface area contributed by atoms with Crippen LogP contribution in [0.25, 0.3) is 0 Å². The lowest BCUT2D eigenvalue weighted by Gasteiger charge is -2.20. The molecule has 2 rings (SSSR count). The summed E-state index contributed by atoms with van der Waals surface area (Å²) in [4.78, 5) is 11.6. The second-order valence-electron chi connectivity index (χ2n) is 3.75. The maximum Gasteiger partial charge on any atom is 0.167 e. The van der Waals surface area contributed by atoms with E-state index >= 15 is 0 Å². The summed E-state index contributed by atoms with van der Waals surface area (Å²) in [7, 11) is 0. The Morgan fingerprint density at radius 3 is 2.92 bits per heavy atom. The normalized spacial score (nSPS) is 21.3. The molecule has 0 aliphatic heterocycles. The van der Waals surface area contributed by atoms with Crippen LogP contribution in [0.5, 0.6) is 5.75 Å². The highest BCUT2D eigenvalue weighted by Gasteiger charge is 2.24. The molecular formula is C11H12O2. The zero-order chi connectivity index (χ0) is 9.42. The lowest BCUT2D eigenvalue weighted by atomic mass is 9.84. The van der Waals surface area contributed by atoms with E-state index in [9.17, 15) is 9.90 Å². The van der Waals surface area contributed by atoms with Crippen molar-refractivity contribution in [2.75, 3.05) is 0 Å². The Bertz CT molecular complexity index is 355. The van der Waals surface area contributed by atoms with Gasteiger partial charge in [0.2, 0.25) is 0 Å². The molecule has 0 saturated carbocycles. The van der Waals surface area contributed by atoms with Crippen molar-refractivity contribution in [1.82, 2.24) is 0 Å². The molecule has 0 bridgehead atoms. The summed E-state index contributed by atoms with van der Waals surface area (Å²) >= 11 is 0. The number of Topliss-reactive ketones (excluding diaryl/α,β-unsaturated/α-hetero) is 1. The monoisotopic (exact) mass is 176 g/mol. The molecule has 0 amide bonds. The van der Waals surface area contributed by atoms with Gasteiger partial charge in [-0.15, -0.1) is 0 Å². The summed E-state index contributed by atoms with van der Waals surface area (Å²) in [5, 5.41) is 9.49. The van der Waals surface area contributed by atoms with Crippen LogP contribution in [-0.4, -0.2) is 10.9 Å². The van der Waals surface area contributed by atoms with Crippen LogP contribution in [0.4, 0.5) is 0 Å². The first-order valence-corrected chi connectivity index (χ1v) is 4.52. The van der Waals surface area contributed by atoms with Gasteiger partial charge >= 0.3 is 0 Å². The number of hydrogen-bond acceptors (Lipinski definition) is 2. The van der Waals surface area contributed by atoms with E-state index in [0.29, 0.717) is 17.9 Å². The van der Waals surface area contributed by atoms with Gasteiger partial charge in [-0.25, -0.2) is 0 Å². The summed E-state index contributed by atoms with van der Waals surface area (Å²) in [5.74, 6) is 0.614. The summed E-state index contributed by atoms with van der Waals surface area (Å²) in [5.41, 5.74) is 1.53. The molecule has 2 heteroatoms. The van der Waals surface area contributed by atoms with Crippen molar-refractivity contribution in [2.24, 2.45) is 5.92 Å². The molecule has 1 N–H and O–H groups in total. The minimum Gasteiger partial charge on any atom is -0.507 e. The SMILES string of the molecule is CC1CC(=O)c2c(O)cccc2C1. The second kappa shape index (κ2) is 2.87. The third-order valence-electron chi connectivity index (χ3n) is 2.51. The molecule has 2 nitrogen and oxygen atoms in total. The van der Waals surface area contributed by atoms with Crippen LogP contribution in [0, 0.1) is 5.92 Å². The second-order valence-corrected chi connectivity index (χ2v) is 3.75. The Morgan fingerprint density at radius 2 is 2.15 bits per heavy atom. The first kappa shape index (κ1) is 8.30.